The minimum Gasteiger partial charge on any atom is -0.494 e. The molecule has 0 bridgehead atoms. The van der Waals surface area contributed by atoms with Crippen molar-refractivity contribution >= 4 is 0 Å². The van der Waals surface area contributed by atoms with Crippen molar-refractivity contribution in [3.05, 3.63) is 60.3 Å². The molecule has 1 aliphatic heterocycles. The Morgan fingerprint density at radius 1 is 1.00 bits per heavy atom. The second kappa shape index (κ2) is 10.0. The second-order valence-electron chi connectivity index (χ2n) is 10.9. The van der Waals surface area contributed by atoms with Gasteiger partial charge in [-0.1, -0.05) is 12.1 Å². The molecule has 0 N–H and O–H groups in total. The van der Waals surface area contributed by atoms with Crippen molar-refractivity contribution in [3.63, 3.8) is 0 Å². The Hall–Kier alpha value is -2.83. The zero-order chi connectivity index (χ0) is 25.2. The third-order valence-corrected chi connectivity index (χ3v) is 6.45. The summed E-state index contributed by atoms with van der Waals surface area (Å²) in [4.78, 5) is 2.11. The molecule has 0 spiro atoms. The molecule has 0 saturated carbocycles. The number of rotatable bonds is 8. The van der Waals surface area contributed by atoms with Crippen LogP contribution < -0.4 is 9.47 Å². The molecule has 1 aliphatic rings. The van der Waals surface area contributed by atoms with Gasteiger partial charge < -0.3 is 19.1 Å². The zero-order valence-corrected chi connectivity index (χ0v) is 22.2. The van der Waals surface area contributed by atoms with Gasteiger partial charge >= 0.3 is 0 Å². The number of hydrogen-bond donors (Lipinski definition) is 0. The summed E-state index contributed by atoms with van der Waals surface area (Å²) in [5.74, 6) is 1.96. The fourth-order valence-electron chi connectivity index (χ4n) is 5.16. The van der Waals surface area contributed by atoms with Crippen molar-refractivity contribution < 1.29 is 14.2 Å². The van der Waals surface area contributed by atoms with Crippen LogP contribution in [-0.4, -0.2) is 60.2 Å². The van der Waals surface area contributed by atoms with Crippen molar-refractivity contribution in [2.24, 2.45) is 0 Å². The van der Waals surface area contributed by atoms with E-state index in [0.29, 0.717) is 12.5 Å². The molecule has 0 amide bonds. The molecule has 0 radical (unpaired) electrons. The lowest BCUT2D eigenvalue weighted by Gasteiger charge is -2.45. The Balaban J connectivity index is 1.72. The standard InChI is InChI=1S/C29H39N3O3/c1-28(2)19-22(20-29(3,4)35-28)24-18-26(32(30-24)25-10-8-9-11-27(25)33-7)21-12-14-23(15-13-21)34-17-16-31(5)6/h8-15,18,22H,16-17,19-20H2,1-7H3. The molecule has 188 valence electrons. The number of ether oxygens (including phenoxy) is 3. The van der Waals surface area contributed by atoms with E-state index in [0.717, 1.165) is 53.5 Å². The lowest BCUT2D eigenvalue weighted by molar-refractivity contribution is -0.162. The van der Waals surface area contributed by atoms with Gasteiger partial charge in [-0.05, 0) is 97.1 Å². The Labute approximate surface area is 209 Å². The summed E-state index contributed by atoms with van der Waals surface area (Å²) in [7, 11) is 5.79. The third kappa shape index (κ3) is 6.06. The highest BCUT2D eigenvalue weighted by Gasteiger charge is 2.41. The molecule has 0 atom stereocenters. The molecule has 0 aliphatic carbocycles. The topological polar surface area (TPSA) is 48.8 Å². The third-order valence-electron chi connectivity index (χ3n) is 6.45. The predicted molar refractivity (Wildman–Crippen MR) is 141 cm³/mol. The molecule has 1 aromatic heterocycles. The molecule has 1 saturated heterocycles. The molecule has 6 heteroatoms. The van der Waals surface area contributed by atoms with Crippen molar-refractivity contribution in [1.82, 2.24) is 14.7 Å². The first-order chi connectivity index (χ1) is 16.6. The van der Waals surface area contributed by atoms with E-state index in [4.69, 9.17) is 19.3 Å². The number of benzene rings is 2. The molecule has 6 nitrogen and oxygen atoms in total. The highest BCUT2D eigenvalue weighted by Crippen LogP contribution is 2.44. The van der Waals surface area contributed by atoms with Gasteiger partial charge in [-0.3, -0.25) is 0 Å². The SMILES string of the molecule is COc1ccccc1-n1nc(C2CC(C)(C)OC(C)(C)C2)cc1-c1ccc(OCCN(C)C)cc1. The fourth-order valence-corrected chi connectivity index (χ4v) is 5.16. The molecule has 4 rings (SSSR count). The van der Waals surface area contributed by atoms with E-state index in [1.54, 1.807) is 7.11 Å². The van der Waals surface area contributed by atoms with Gasteiger partial charge in [0.05, 0.1) is 29.7 Å². The summed E-state index contributed by atoms with van der Waals surface area (Å²) in [5, 5.41) is 5.16. The van der Waals surface area contributed by atoms with Crippen molar-refractivity contribution in [2.75, 3.05) is 34.4 Å². The summed E-state index contributed by atoms with van der Waals surface area (Å²) < 4.78 is 20.0. The Bertz CT molecular complexity index is 1120. The van der Waals surface area contributed by atoms with E-state index in [1.807, 2.05) is 49.1 Å². The average Bonchev–Trinajstić information content (AvgIpc) is 3.23. The Morgan fingerprint density at radius 2 is 1.66 bits per heavy atom. The monoisotopic (exact) mass is 477 g/mol. The van der Waals surface area contributed by atoms with Crippen LogP contribution in [0.25, 0.3) is 16.9 Å². The first kappa shape index (κ1) is 25.3. The van der Waals surface area contributed by atoms with Crippen molar-refractivity contribution in [3.8, 4) is 28.4 Å². The van der Waals surface area contributed by atoms with Crippen LogP contribution in [0.2, 0.25) is 0 Å². The largest absolute Gasteiger partial charge is 0.494 e. The normalized spacial score (nSPS) is 17.5. The van der Waals surface area contributed by atoms with Gasteiger partial charge in [0.15, 0.2) is 0 Å². The van der Waals surface area contributed by atoms with E-state index in [2.05, 4.69) is 56.9 Å². The van der Waals surface area contributed by atoms with E-state index in [-0.39, 0.29) is 11.2 Å². The smallest absolute Gasteiger partial charge is 0.144 e. The van der Waals surface area contributed by atoms with E-state index < -0.39 is 0 Å². The Morgan fingerprint density at radius 3 is 2.29 bits per heavy atom. The predicted octanol–water partition coefficient (Wildman–Crippen LogP) is 5.94. The van der Waals surface area contributed by atoms with Crippen LogP contribution in [0.15, 0.2) is 54.6 Å². The van der Waals surface area contributed by atoms with Crippen molar-refractivity contribution in [2.45, 2.75) is 57.7 Å². The Kier molecular flexibility index (Phi) is 7.25. The second-order valence-corrected chi connectivity index (χ2v) is 10.9. The number of hydrogen-bond acceptors (Lipinski definition) is 5. The highest BCUT2D eigenvalue weighted by molar-refractivity contribution is 5.65. The van der Waals surface area contributed by atoms with E-state index >= 15 is 0 Å². The van der Waals surface area contributed by atoms with E-state index in [1.165, 1.54) is 0 Å². The fraction of sp³-hybridized carbons (Fsp3) is 0.483. The molecule has 2 heterocycles. The lowest BCUT2D eigenvalue weighted by Crippen LogP contribution is -2.44. The van der Waals surface area contributed by atoms with Crippen LogP contribution in [0.3, 0.4) is 0 Å². The lowest BCUT2D eigenvalue weighted by atomic mass is 9.79. The zero-order valence-electron chi connectivity index (χ0n) is 22.2. The van der Waals surface area contributed by atoms with Gasteiger partial charge in [0.25, 0.3) is 0 Å². The maximum atomic E-state index is 6.34. The first-order valence-electron chi connectivity index (χ1n) is 12.4. The van der Waals surface area contributed by atoms with Crippen LogP contribution in [0.5, 0.6) is 11.5 Å². The minimum atomic E-state index is -0.202. The number of nitrogens with zero attached hydrogens (tertiary/aromatic N) is 3. The number of methoxy groups -OCH3 is 1. The summed E-state index contributed by atoms with van der Waals surface area (Å²) in [6, 6.07) is 18.5. The van der Waals surface area contributed by atoms with E-state index in [9.17, 15) is 0 Å². The van der Waals surface area contributed by atoms with Gasteiger partial charge in [0, 0.05) is 18.0 Å². The van der Waals surface area contributed by atoms with Gasteiger partial charge in [-0.25, -0.2) is 4.68 Å². The minimum absolute atomic E-state index is 0.202. The van der Waals surface area contributed by atoms with Crippen LogP contribution in [0.4, 0.5) is 0 Å². The number of para-hydroxylation sites is 2. The van der Waals surface area contributed by atoms with Gasteiger partial charge in [-0.15, -0.1) is 0 Å². The van der Waals surface area contributed by atoms with Crippen LogP contribution in [0, 0.1) is 0 Å². The van der Waals surface area contributed by atoms with Crippen LogP contribution in [-0.2, 0) is 4.74 Å². The summed E-state index contributed by atoms with van der Waals surface area (Å²) in [5.41, 5.74) is 3.72. The summed E-state index contributed by atoms with van der Waals surface area (Å²) >= 11 is 0. The van der Waals surface area contributed by atoms with Gasteiger partial charge in [0.2, 0.25) is 0 Å². The molecule has 35 heavy (non-hydrogen) atoms. The molecular weight excluding hydrogens is 438 g/mol. The maximum absolute atomic E-state index is 6.34. The first-order valence-corrected chi connectivity index (χ1v) is 12.4. The average molecular weight is 478 g/mol. The molecule has 2 aromatic carbocycles. The molecular formula is C29H39N3O3. The molecule has 1 fully saturated rings. The van der Waals surface area contributed by atoms with Crippen LogP contribution in [0.1, 0.15) is 52.1 Å². The van der Waals surface area contributed by atoms with Crippen LogP contribution >= 0.6 is 0 Å². The quantitative estimate of drug-likeness (QED) is 0.402. The molecule has 3 aromatic rings. The van der Waals surface area contributed by atoms with Gasteiger partial charge in [0.1, 0.15) is 23.8 Å². The highest BCUT2D eigenvalue weighted by atomic mass is 16.5. The number of likely N-dealkylation sites (N-methyl/N-ethyl adjacent to an activating group) is 1. The summed E-state index contributed by atoms with van der Waals surface area (Å²) in [6.45, 7) is 10.2. The maximum Gasteiger partial charge on any atom is 0.144 e. The van der Waals surface area contributed by atoms with Crippen molar-refractivity contribution in [1.29, 1.82) is 0 Å². The summed E-state index contributed by atoms with van der Waals surface area (Å²) in [6.07, 6.45) is 1.86. The van der Waals surface area contributed by atoms with Gasteiger partial charge in [-0.2, -0.15) is 5.10 Å². The number of aromatic nitrogens is 2. The molecule has 0 unspecified atom stereocenters.